The van der Waals surface area contributed by atoms with Crippen molar-refractivity contribution in [1.82, 2.24) is 4.98 Å². The average Bonchev–Trinajstić information content (AvgIpc) is 2.80. The fourth-order valence-electron chi connectivity index (χ4n) is 1.86. The lowest BCUT2D eigenvalue weighted by molar-refractivity contribution is 0.102. The highest BCUT2D eigenvalue weighted by molar-refractivity contribution is 9.10. The smallest absolute Gasteiger partial charge is 0.257 e. The zero-order valence-electron chi connectivity index (χ0n) is 10.7. The fourth-order valence-corrected chi connectivity index (χ4v) is 3.08. The number of nitrogens with one attached hydrogen (secondary N) is 1. The van der Waals surface area contributed by atoms with Gasteiger partial charge in [-0.25, -0.2) is 4.98 Å². The van der Waals surface area contributed by atoms with E-state index in [2.05, 4.69) is 32.3 Å². The van der Waals surface area contributed by atoms with E-state index in [1.807, 2.05) is 31.2 Å². The zero-order valence-corrected chi connectivity index (χ0v) is 13.1. The van der Waals surface area contributed by atoms with Gasteiger partial charge in [-0.1, -0.05) is 33.3 Å². The molecule has 1 aromatic heterocycles. The number of benzene rings is 2. The molecule has 3 nitrogen and oxygen atoms in total. The summed E-state index contributed by atoms with van der Waals surface area (Å²) in [6.45, 7) is 2.04. The number of anilines is 1. The van der Waals surface area contributed by atoms with Crippen LogP contribution in [0.2, 0.25) is 0 Å². The number of amides is 1. The summed E-state index contributed by atoms with van der Waals surface area (Å²) in [6, 6.07) is 13.3. The van der Waals surface area contributed by atoms with Crippen LogP contribution in [0.25, 0.3) is 10.2 Å². The minimum absolute atomic E-state index is 0.145. The molecule has 1 heterocycles. The predicted molar refractivity (Wildman–Crippen MR) is 86.5 cm³/mol. The Kier molecular flexibility index (Phi) is 3.54. The molecule has 0 fully saturated rings. The summed E-state index contributed by atoms with van der Waals surface area (Å²) in [5, 5.41) is 3.46. The van der Waals surface area contributed by atoms with Crippen LogP contribution in [-0.4, -0.2) is 10.9 Å². The summed E-state index contributed by atoms with van der Waals surface area (Å²) in [4.78, 5) is 16.5. The van der Waals surface area contributed by atoms with Crippen LogP contribution in [0, 0.1) is 6.92 Å². The van der Waals surface area contributed by atoms with E-state index in [1.165, 1.54) is 16.9 Å². The highest BCUT2D eigenvalue weighted by Gasteiger charge is 2.09. The molecule has 3 rings (SSSR count). The summed E-state index contributed by atoms with van der Waals surface area (Å²) < 4.78 is 2.03. The van der Waals surface area contributed by atoms with E-state index in [0.717, 1.165) is 14.7 Å². The first kappa shape index (κ1) is 13.3. The molecule has 0 unspecified atom stereocenters. The van der Waals surface area contributed by atoms with Gasteiger partial charge in [0.25, 0.3) is 5.91 Å². The second kappa shape index (κ2) is 5.34. The summed E-state index contributed by atoms with van der Waals surface area (Å²) in [5.74, 6) is -0.145. The number of aryl methyl sites for hydroxylation is 1. The Hall–Kier alpha value is -1.72. The number of nitrogens with zero attached hydrogens (tertiary/aromatic N) is 1. The molecule has 0 saturated carbocycles. The molecule has 0 aliphatic carbocycles. The normalized spacial score (nSPS) is 10.7. The maximum absolute atomic E-state index is 12.1. The number of carbonyl (C=O) groups excluding carboxylic acids is 1. The van der Waals surface area contributed by atoms with Crippen molar-refractivity contribution in [1.29, 1.82) is 0 Å². The van der Waals surface area contributed by atoms with Crippen LogP contribution in [0.4, 0.5) is 5.13 Å². The van der Waals surface area contributed by atoms with Crippen LogP contribution in [-0.2, 0) is 0 Å². The van der Waals surface area contributed by atoms with E-state index in [1.54, 1.807) is 12.1 Å². The van der Waals surface area contributed by atoms with E-state index in [0.29, 0.717) is 10.7 Å². The number of thiazole rings is 1. The first-order chi connectivity index (χ1) is 9.61. The third-order valence-corrected chi connectivity index (χ3v) is 4.33. The molecule has 5 heteroatoms. The van der Waals surface area contributed by atoms with E-state index in [4.69, 9.17) is 0 Å². The van der Waals surface area contributed by atoms with Crippen molar-refractivity contribution in [2.75, 3.05) is 5.32 Å². The minimum atomic E-state index is -0.145. The molecule has 0 aliphatic heterocycles. The van der Waals surface area contributed by atoms with Gasteiger partial charge in [-0.15, -0.1) is 0 Å². The lowest BCUT2D eigenvalue weighted by Crippen LogP contribution is -2.11. The largest absolute Gasteiger partial charge is 0.298 e. The summed E-state index contributed by atoms with van der Waals surface area (Å²) >= 11 is 4.83. The Balaban J connectivity index is 1.85. The van der Waals surface area contributed by atoms with Gasteiger partial charge in [0.1, 0.15) is 0 Å². The molecular formula is C15H11BrN2OS. The van der Waals surface area contributed by atoms with Gasteiger partial charge in [0.05, 0.1) is 10.2 Å². The Morgan fingerprint density at radius 3 is 2.70 bits per heavy atom. The molecule has 0 radical (unpaired) electrons. The van der Waals surface area contributed by atoms with E-state index >= 15 is 0 Å². The van der Waals surface area contributed by atoms with Gasteiger partial charge in [0.15, 0.2) is 5.13 Å². The van der Waals surface area contributed by atoms with Crippen molar-refractivity contribution >= 4 is 48.5 Å². The maximum Gasteiger partial charge on any atom is 0.257 e. The Morgan fingerprint density at radius 1 is 1.20 bits per heavy atom. The van der Waals surface area contributed by atoms with Gasteiger partial charge in [0, 0.05) is 10.0 Å². The molecular weight excluding hydrogens is 336 g/mol. The molecule has 20 heavy (non-hydrogen) atoms. The second-order valence-corrected chi connectivity index (χ2v) is 6.40. The molecule has 0 spiro atoms. The Morgan fingerprint density at radius 2 is 1.95 bits per heavy atom. The Labute approximate surface area is 128 Å². The van der Waals surface area contributed by atoms with Crippen molar-refractivity contribution in [3.05, 3.63) is 58.1 Å². The highest BCUT2D eigenvalue weighted by atomic mass is 79.9. The maximum atomic E-state index is 12.1. The average molecular weight is 347 g/mol. The van der Waals surface area contributed by atoms with Crippen molar-refractivity contribution < 1.29 is 4.79 Å². The van der Waals surface area contributed by atoms with Gasteiger partial charge in [-0.3, -0.25) is 10.1 Å². The first-order valence-corrected chi connectivity index (χ1v) is 7.67. The third kappa shape index (κ3) is 2.73. The van der Waals surface area contributed by atoms with Crippen molar-refractivity contribution in [2.24, 2.45) is 0 Å². The number of carbonyl (C=O) groups is 1. The molecule has 3 aromatic rings. The van der Waals surface area contributed by atoms with Crippen LogP contribution >= 0.6 is 27.3 Å². The minimum Gasteiger partial charge on any atom is -0.298 e. The molecule has 0 aliphatic rings. The fraction of sp³-hybridized carbons (Fsp3) is 0.0667. The van der Waals surface area contributed by atoms with Gasteiger partial charge in [-0.2, -0.15) is 0 Å². The highest BCUT2D eigenvalue weighted by Crippen LogP contribution is 2.27. The first-order valence-electron chi connectivity index (χ1n) is 6.06. The lowest BCUT2D eigenvalue weighted by atomic mass is 10.2. The van der Waals surface area contributed by atoms with Crippen LogP contribution in [0.3, 0.4) is 0 Å². The Bertz CT molecular complexity index is 780. The summed E-state index contributed by atoms with van der Waals surface area (Å²) in [5.41, 5.74) is 2.71. The van der Waals surface area contributed by atoms with E-state index in [9.17, 15) is 4.79 Å². The van der Waals surface area contributed by atoms with E-state index < -0.39 is 0 Å². The lowest BCUT2D eigenvalue weighted by Gasteiger charge is -2.01. The summed E-state index contributed by atoms with van der Waals surface area (Å²) in [6.07, 6.45) is 0. The zero-order chi connectivity index (χ0) is 14.1. The van der Waals surface area contributed by atoms with Crippen molar-refractivity contribution in [2.45, 2.75) is 6.92 Å². The SMILES string of the molecule is Cc1ccc2nc(NC(=O)c3ccc(Br)cc3)sc2c1. The van der Waals surface area contributed by atoms with Gasteiger partial charge < -0.3 is 0 Å². The molecule has 2 aromatic carbocycles. The topological polar surface area (TPSA) is 42.0 Å². The number of halogens is 1. The number of hydrogen-bond donors (Lipinski definition) is 1. The van der Waals surface area contributed by atoms with Crippen LogP contribution in [0.15, 0.2) is 46.9 Å². The van der Waals surface area contributed by atoms with Crippen molar-refractivity contribution in [3.8, 4) is 0 Å². The predicted octanol–water partition coefficient (Wildman–Crippen LogP) is 4.62. The standard InChI is InChI=1S/C15H11BrN2OS/c1-9-2-7-12-13(8-9)20-15(17-12)18-14(19)10-3-5-11(16)6-4-10/h2-8H,1H3,(H,17,18,19). The molecule has 0 saturated heterocycles. The third-order valence-electron chi connectivity index (χ3n) is 2.87. The molecule has 0 atom stereocenters. The molecule has 0 bridgehead atoms. The summed E-state index contributed by atoms with van der Waals surface area (Å²) in [7, 11) is 0. The number of rotatable bonds is 2. The van der Waals surface area contributed by atoms with Crippen LogP contribution in [0.1, 0.15) is 15.9 Å². The van der Waals surface area contributed by atoms with Gasteiger partial charge in [-0.05, 0) is 48.9 Å². The van der Waals surface area contributed by atoms with Gasteiger partial charge >= 0.3 is 0 Å². The second-order valence-electron chi connectivity index (χ2n) is 4.45. The quantitative estimate of drug-likeness (QED) is 0.735. The molecule has 1 N–H and O–H groups in total. The van der Waals surface area contributed by atoms with Crippen molar-refractivity contribution in [3.63, 3.8) is 0 Å². The number of aromatic nitrogens is 1. The monoisotopic (exact) mass is 346 g/mol. The number of fused-ring (bicyclic) bond motifs is 1. The van der Waals surface area contributed by atoms with Crippen LogP contribution in [0.5, 0.6) is 0 Å². The molecule has 100 valence electrons. The van der Waals surface area contributed by atoms with Gasteiger partial charge in [0.2, 0.25) is 0 Å². The van der Waals surface area contributed by atoms with E-state index in [-0.39, 0.29) is 5.91 Å². The number of hydrogen-bond acceptors (Lipinski definition) is 3. The van der Waals surface area contributed by atoms with Crippen LogP contribution < -0.4 is 5.32 Å². The molecule has 1 amide bonds.